The van der Waals surface area contributed by atoms with Crippen molar-refractivity contribution >= 4 is 0 Å². The van der Waals surface area contributed by atoms with Crippen LogP contribution in [0.3, 0.4) is 0 Å². The van der Waals surface area contributed by atoms with Gasteiger partial charge in [-0.1, -0.05) is 17.7 Å². The summed E-state index contributed by atoms with van der Waals surface area (Å²) < 4.78 is 7.18. The molecule has 5 heteroatoms. The fourth-order valence-electron chi connectivity index (χ4n) is 1.44. The van der Waals surface area contributed by atoms with Crippen LogP contribution in [-0.2, 0) is 6.54 Å². The average molecular weight is 233 g/mol. The Morgan fingerprint density at radius 2 is 1.88 bits per heavy atom. The summed E-state index contributed by atoms with van der Waals surface area (Å²) in [7, 11) is 0. The molecule has 0 saturated carbocycles. The van der Waals surface area contributed by atoms with Gasteiger partial charge in [-0.3, -0.25) is 0 Å². The van der Waals surface area contributed by atoms with Gasteiger partial charge in [-0.15, -0.1) is 10.2 Å². The van der Waals surface area contributed by atoms with Crippen molar-refractivity contribution in [1.82, 2.24) is 14.8 Å². The van der Waals surface area contributed by atoms with E-state index in [4.69, 9.17) is 4.74 Å². The molecule has 1 N–H and O–H groups in total. The average Bonchev–Trinajstić information content (AvgIpc) is 2.81. The zero-order valence-corrected chi connectivity index (χ0v) is 9.65. The lowest BCUT2D eigenvalue weighted by Crippen LogP contribution is -2.23. The molecule has 1 unspecified atom stereocenters. The Labute approximate surface area is 99.7 Å². The van der Waals surface area contributed by atoms with E-state index >= 15 is 0 Å². The number of nitrogens with zero attached hydrogens (tertiary/aromatic N) is 3. The fourth-order valence-corrected chi connectivity index (χ4v) is 1.44. The van der Waals surface area contributed by atoms with Crippen molar-refractivity contribution in [2.75, 3.05) is 6.61 Å². The zero-order valence-electron chi connectivity index (χ0n) is 9.65. The minimum absolute atomic E-state index is 0.251. The third-order valence-electron chi connectivity index (χ3n) is 2.35. The molecule has 0 aliphatic heterocycles. The highest BCUT2D eigenvalue weighted by atomic mass is 16.5. The number of hydrogen-bond donors (Lipinski definition) is 1. The minimum atomic E-state index is -0.577. The van der Waals surface area contributed by atoms with Gasteiger partial charge in [0.05, 0.1) is 6.54 Å². The van der Waals surface area contributed by atoms with E-state index in [2.05, 4.69) is 10.2 Å². The molecule has 0 spiro atoms. The summed E-state index contributed by atoms with van der Waals surface area (Å²) in [4.78, 5) is 0. The SMILES string of the molecule is Cc1ccc(OCC(O)Cn2cnnc2)cc1. The highest BCUT2D eigenvalue weighted by Gasteiger charge is 2.06. The van der Waals surface area contributed by atoms with Crippen LogP contribution in [0.4, 0.5) is 0 Å². The highest BCUT2D eigenvalue weighted by Crippen LogP contribution is 2.11. The molecule has 0 bridgehead atoms. The maximum Gasteiger partial charge on any atom is 0.119 e. The number of aromatic nitrogens is 3. The van der Waals surface area contributed by atoms with E-state index in [1.807, 2.05) is 31.2 Å². The lowest BCUT2D eigenvalue weighted by Gasteiger charge is -2.12. The number of rotatable bonds is 5. The second-order valence-electron chi connectivity index (χ2n) is 3.94. The molecular weight excluding hydrogens is 218 g/mol. The Hall–Kier alpha value is -1.88. The molecule has 0 aliphatic carbocycles. The van der Waals surface area contributed by atoms with Gasteiger partial charge in [0.25, 0.3) is 0 Å². The van der Waals surface area contributed by atoms with Crippen molar-refractivity contribution in [3.8, 4) is 5.75 Å². The second kappa shape index (κ2) is 5.45. The molecule has 0 amide bonds. The molecule has 2 rings (SSSR count). The predicted octanol–water partition coefficient (Wildman–Crippen LogP) is 1.03. The summed E-state index contributed by atoms with van der Waals surface area (Å²) in [5.74, 6) is 0.762. The van der Waals surface area contributed by atoms with Gasteiger partial charge in [-0.05, 0) is 19.1 Å². The number of hydrogen-bond acceptors (Lipinski definition) is 4. The van der Waals surface area contributed by atoms with Gasteiger partial charge < -0.3 is 14.4 Å². The van der Waals surface area contributed by atoms with Gasteiger partial charge in [0.1, 0.15) is 31.1 Å². The van der Waals surface area contributed by atoms with Crippen LogP contribution in [0.15, 0.2) is 36.9 Å². The van der Waals surface area contributed by atoms with Crippen LogP contribution in [-0.4, -0.2) is 32.6 Å². The van der Waals surface area contributed by atoms with Crippen LogP contribution in [0, 0.1) is 6.92 Å². The number of benzene rings is 1. The summed E-state index contributed by atoms with van der Waals surface area (Å²) >= 11 is 0. The number of ether oxygens (including phenoxy) is 1. The van der Waals surface area contributed by atoms with E-state index in [0.717, 1.165) is 5.75 Å². The number of aliphatic hydroxyl groups excluding tert-OH is 1. The standard InChI is InChI=1S/C12H15N3O2/c1-10-2-4-12(5-3-10)17-7-11(16)6-15-8-13-14-9-15/h2-5,8-9,11,16H,6-7H2,1H3. The molecule has 5 nitrogen and oxygen atoms in total. The Kier molecular flexibility index (Phi) is 3.72. The summed E-state index contributed by atoms with van der Waals surface area (Å²) in [6, 6.07) is 7.73. The van der Waals surface area contributed by atoms with Crippen LogP contribution in [0.1, 0.15) is 5.56 Å². The molecule has 0 saturated heterocycles. The van der Waals surface area contributed by atoms with Crippen molar-refractivity contribution in [2.24, 2.45) is 0 Å². The van der Waals surface area contributed by atoms with E-state index in [9.17, 15) is 5.11 Å². The van der Waals surface area contributed by atoms with E-state index in [-0.39, 0.29) is 6.61 Å². The van der Waals surface area contributed by atoms with E-state index in [0.29, 0.717) is 6.54 Å². The smallest absolute Gasteiger partial charge is 0.119 e. The molecule has 1 aromatic carbocycles. The Morgan fingerprint density at radius 3 is 2.53 bits per heavy atom. The molecule has 1 atom stereocenters. The maximum absolute atomic E-state index is 9.74. The molecule has 0 fully saturated rings. The predicted molar refractivity (Wildman–Crippen MR) is 62.7 cm³/mol. The summed E-state index contributed by atoms with van der Waals surface area (Å²) in [5.41, 5.74) is 1.18. The van der Waals surface area contributed by atoms with Crippen molar-refractivity contribution in [3.05, 3.63) is 42.5 Å². The third kappa shape index (κ3) is 3.57. The van der Waals surface area contributed by atoms with E-state index in [1.165, 1.54) is 5.56 Å². The number of aliphatic hydroxyl groups is 1. The quantitative estimate of drug-likeness (QED) is 0.837. The van der Waals surface area contributed by atoms with E-state index < -0.39 is 6.10 Å². The van der Waals surface area contributed by atoms with Gasteiger partial charge in [-0.25, -0.2) is 0 Å². The molecule has 0 radical (unpaired) electrons. The third-order valence-corrected chi connectivity index (χ3v) is 2.35. The lowest BCUT2D eigenvalue weighted by molar-refractivity contribution is 0.0924. The van der Waals surface area contributed by atoms with Crippen LogP contribution in [0.5, 0.6) is 5.75 Å². The van der Waals surface area contributed by atoms with Crippen molar-refractivity contribution in [1.29, 1.82) is 0 Å². The monoisotopic (exact) mass is 233 g/mol. The molecular formula is C12H15N3O2. The maximum atomic E-state index is 9.74. The summed E-state index contributed by atoms with van der Waals surface area (Å²) in [6.45, 7) is 2.70. The number of aryl methyl sites for hydroxylation is 1. The van der Waals surface area contributed by atoms with Gasteiger partial charge in [0.2, 0.25) is 0 Å². The first-order valence-electron chi connectivity index (χ1n) is 5.44. The second-order valence-corrected chi connectivity index (χ2v) is 3.94. The summed E-state index contributed by atoms with van der Waals surface area (Å²) in [6.07, 6.45) is 2.55. The molecule has 2 aromatic rings. The lowest BCUT2D eigenvalue weighted by atomic mass is 10.2. The molecule has 1 aromatic heterocycles. The molecule has 1 heterocycles. The van der Waals surface area contributed by atoms with Gasteiger partial charge >= 0.3 is 0 Å². The zero-order chi connectivity index (χ0) is 12.1. The van der Waals surface area contributed by atoms with E-state index in [1.54, 1.807) is 17.2 Å². The Balaban J connectivity index is 1.79. The normalized spacial score (nSPS) is 12.4. The Bertz CT molecular complexity index is 439. The van der Waals surface area contributed by atoms with Crippen molar-refractivity contribution in [2.45, 2.75) is 19.6 Å². The van der Waals surface area contributed by atoms with Crippen LogP contribution < -0.4 is 4.74 Å². The minimum Gasteiger partial charge on any atom is -0.491 e. The first-order chi connectivity index (χ1) is 8.24. The van der Waals surface area contributed by atoms with Crippen LogP contribution in [0.2, 0.25) is 0 Å². The topological polar surface area (TPSA) is 60.2 Å². The Morgan fingerprint density at radius 1 is 1.24 bits per heavy atom. The van der Waals surface area contributed by atoms with Crippen LogP contribution in [0.25, 0.3) is 0 Å². The highest BCUT2D eigenvalue weighted by molar-refractivity contribution is 5.26. The van der Waals surface area contributed by atoms with Gasteiger partial charge in [0, 0.05) is 0 Å². The van der Waals surface area contributed by atoms with Crippen LogP contribution >= 0.6 is 0 Å². The first-order valence-corrected chi connectivity index (χ1v) is 5.44. The molecule has 90 valence electrons. The largest absolute Gasteiger partial charge is 0.491 e. The fraction of sp³-hybridized carbons (Fsp3) is 0.333. The molecule has 0 aliphatic rings. The van der Waals surface area contributed by atoms with Crippen molar-refractivity contribution in [3.63, 3.8) is 0 Å². The van der Waals surface area contributed by atoms with Gasteiger partial charge in [0.15, 0.2) is 0 Å². The summed E-state index contributed by atoms with van der Waals surface area (Å²) in [5, 5.41) is 17.1. The molecule has 17 heavy (non-hydrogen) atoms. The van der Waals surface area contributed by atoms with Crippen molar-refractivity contribution < 1.29 is 9.84 Å². The first kappa shape index (κ1) is 11.6. The van der Waals surface area contributed by atoms with Gasteiger partial charge in [-0.2, -0.15) is 0 Å².